The molecule has 0 heterocycles. The van der Waals surface area contributed by atoms with Crippen LogP contribution in [-0.2, 0) is 14.4 Å². The Morgan fingerprint density at radius 2 is 1.57 bits per heavy atom. The van der Waals surface area contributed by atoms with Crippen molar-refractivity contribution < 1.29 is 24.7 Å². The van der Waals surface area contributed by atoms with E-state index < -0.39 is 35.3 Å². The molecular weight excluding hydrogens is 302 g/mol. The number of rotatable bonds is 7. The Hall–Kier alpha value is -1.67. The third-order valence-electron chi connectivity index (χ3n) is 3.48. The molecule has 0 unspecified atom stereocenters. The molecule has 0 radical (unpaired) electrons. The maximum Gasteiger partial charge on any atom is 0.272 e. The van der Waals surface area contributed by atoms with Crippen LogP contribution >= 0.6 is 0 Å². The zero-order chi connectivity index (χ0) is 18.4. The molecule has 5 N–H and O–H groups in total. The number of carbonyl (C=O) groups is 3. The van der Waals surface area contributed by atoms with Crippen molar-refractivity contribution in [3.05, 3.63) is 0 Å². The second kappa shape index (κ2) is 8.83. The smallest absolute Gasteiger partial charge is 0.272 e. The van der Waals surface area contributed by atoms with Crippen LogP contribution in [0.15, 0.2) is 0 Å². The first-order valence-corrected chi connectivity index (χ1v) is 7.59. The highest BCUT2D eigenvalue weighted by Gasteiger charge is 2.38. The number of likely N-dealkylation sites (N-methyl/N-ethyl adjacent to an activating group) is 1. The van der Waals surface area contributed by atoms with Crippen molar-refractivity contribution in [1.29, 1.82) is 0 Å². The number of hydroxylamine groups is 1. The number of hydrogen-bond donors (Lipinski definition) is 5. The van der Waals surface area contributed by atoms with Gasteiger partial charge in [-0.1, -0.05) is 34.6 Å². The molecule has 134 valence electrons. The van der Waals surface area contributed by atoms with Crippen LogP contribution in [0.25, 0.3) is 0 Å². The number of nitrogens with one attached hydrogen (secondary N) is 3. The lowest BCUT2D eigenvalue weighted by atomic mass is 9.84. The summed E-state index contributed by atoms with van der Waals surface area (Å²) in [7, 11) is 1.47. The largest absolute Gasteiger partial charge is 0.382 e. The summed E-state index contributed by atoms with van der Waals surface area (Å²) in [6.07, 6.45) is -1.47. The second-order valence-corrected chi connectivity index (χ2v) is 7.08. The minimum atomic E-state index is -1.70. The molecule has 0 aliphatic heterocycles. The van der Waals surface area contributed by atoms with Gasteiger partial charge in [-0.2, -0.15) is 0 Å². The number of hydrogen-bond acceptors (Lipinski definition) is 5. The van der Waals surface area contributed by atoms with Crippen LogP contribution in [0.2, 0.25) is 0 Å². The van der Waals surface area contributed by atoms with E-state index in [9.17, 15) is 19.5 Å². The van der Waals surface area contributed by atoms with Gasteiger partial charge in [0.2, 0.25) is 11.8 Å². The Balaban J connectivity index is 5.35. The van der Waals surface area contributed by atoms with Gasteiger partial charge in [0.05, 0.1) is 5.92 Å². The summed E-state index contributed by atoms with van der Waals surface area (Å²) in [6.45, 7) is 9.05. The molecule has 0 aliphatic rings. The maximum atomic E-state index is 12.5. The molecule has 0 spiro atoms. The average molecular weight is 331 g/mol. The zero-order valence-electron chi connectivity index (χ0n) is 14.6. The van der Waals surface area contributed by atoms with E-state index in [-0.39, 0.29) is 18.2 Å². The third-order valence-corrected chi connectivity index (χ3v) is 3.48. The van der Waals surface area contributed by atoms with Crippen molar-refractivity contribution in [3.8, 4) is 0 Å². The van der Waals surface area contributed by atoms with Gasteiger partial charge in [0, 0.05) is 7.05 Å². The molecule has 3 amide bonds. The topological polar surface area (TPSA) is 128 Å². The molecular formula is C15H29N3O5. The van der Waals surface area contributed by atoms with Crippen molar-refractivity contribution in [2.75, 3.05) is 7.05 Å². The van der Waals surface area contributed by atoms with E-state index in [2.05, 4.69) is 10.6 Å². The Kier molecular flexibility index (Phi) is 8.19. The molecule has 0 aliphatic carbocycles. The number of carbonyl (C=O) groups excluding carboxylic acids is 3. The van der Waals surface area contributed by atoms with Gasteiger partial charge in [-0.15, -0.1) is 0 Å². The van der Waals surface area contributed by atoms with Crippen LogP contribution in [-0.4, -0.2) is 47.2 Å². The van der Waals surface area contributed by atoms with Crippen molar-refractivity contribution in [1.82, 2.24) is 16.1 Å². The summed E-state index contributed by atoms with van der Waals surface area (Å²) in [5.74, 6) is -3.08. The molecule has 0 aromatic carbocycles. The highest BCUT2D eigenvalue weighted by atomic mass is 16.5. The first-order chi connectivity index (χ1) is 10.4. The molecule has 23 heavy (non-hydrogen) atoms. The summed E-state index contributed by atoms with van der Waals surface area (Å²) in [6, 6.07) is -0.820. The van der Waals surface area contributed by atoms with Crippen molar-refractivity contribution in [2.45, 2.75) is 53.2 Å². The number of aliphatic hydroxyl groups excluding tert-OH is 1. The molecule has 8 nitrogen and oxygen atoms in total. The van der Waals surface area contributed by atoms with Gasteiger partial charge >= 0.3 is 0 Å². The lowest BCUT2D eigenvalue weighted by molar-refractivity contribution is -0.147. The summed E-state index contributed by atoms with van der Waals surface area (Å²) in [5.41, 5.74) is 0.789. The fraction of sp³-hybridized carbons (Fsp3) is 0.800. The van der Waals surface area contributed by atoms with Gasteiger partial charge in [-0.3, -0.25) is 19.6 Å². The van der Waals surface area contributed by atoms with E-state index in [1.165, 1.54) is 12.5 Å². The van der Waals surface area contributed by atoms with E-state index in [1.54, 1.807) is 20.8 Å². The van der Waals surface area contributed by atoms with Crippen LogP contribution in [0.5, 0.6) is 0 Å². The van der Waals surface area contributed by atoms with E-state index in [0.717, 1.165) is 0 Å². The highest BCUT2D eigenvalue weighted by molar-refractivity contribution is 5.92. The molecule has 0 fully saturated rings. The van der Waals surface area contributed by atoms with Gasteiger partial charge in [0.1, 0.15) is 12.1 Å². The van der Waals surface area contributed by atoms with Crippen molar-refractivity contribution in [2.24, 2.45) is 17.3 Å². The van der Waals surface area contributed by atoms with E-state index in [0.29, 0.717) is 0 Å². The van der Waals surface area contributed by atoms with E-state index in [4.69, 9.17) is 5.21 Å². The Bertz CT molecular complexity index is 431. The zero-order valence-corrected chi connectivity index (χ0v) is 14.6. The lowest BCUT2D eigenvalue weighted by Gasteiger charge is -2.32. The third kappa shape index (κ3) is 6.54. The quantitative estimate of drug-likeness (QED) is 0.326. The van der Waals surface area contributed by atoms with Crippen molar-refractivity contribution >= 4 is 17.7 Å². The predicted molar refractivity (Wildman–Crippen MR) is 84.3 cm³/mol. The van der Waals surface area contributed by atoms with Crippen LogP contribution in [0.1, 0.15) is 41.0 Å². The minimum absolute atomic E-state index is 0.0278. The normalized spacial score (nSPS) is 15.5. The summed E-state index contributed by atoms with van der Waals surface area (Å²) < 4.78 is 0. The van der Waals surface area contributed by atoms with Crippen LogP contribution in [0, 0.1) is 17.3 Å². The summed E-state index contributed by atoms with van der Waals surface area (Å²) >= 11 is 0. The standard InChI is InChI=1S/C15H29N3O5/c1-8(2)7-9(10(19)13(21)18-23)12(20)17-11(14(22)16-6)15(3,4)5/h8-11,19,23H,7H2,1-6H3,(H,16,22)(H,17,20)(H,18,21)/t9-,10+,11-/m0/s1. The van der Waals surface area contributed by atoms with Crippen LogP contribution in [0.4, 0.5) is 0 Å². The molecule has 0 aromatic heterocycles. The van der Waals surface area contributed by atoms with Crippen molar-refractivity contribution in [3.63, 3.8) is 0 Å². The van der Waals surface area contributed by atoms with Gasteiger partial charge < -0.3 is 15.7 Å². The monoisotopic (exact) mass is 331 g/mol. The molecule has 0 saturated heterocycles. The van der Waals surface area contributed by atoms with E-state index in [1.807, 2.05) is 13.8 Å². The second-order valence-electron chi connectivity index (χ2n) is 7.08. The lowest BCUT2D eigenvalue weighted by Crippen LogP contribution is -2.56. The van der Waals surface area contributed by atoms with Gasteiger partial charge in [-0.25, -0.2) is 5.48 Å². The first kappa shape index (κ1) is 21.3. The van der Waals surface area contributed by atoms with Gasteiger partial charge in [-0.05, 0) is 17.8 Å². The number of aliphatic hydroxyl groups is 1. The minimum Gasteiger partial charge on any atom is -0.382 e. The Morgan fingerprint density at radius 3 is 1.91 bits per heavy atom. The molecule has 0 rings (SSSR count). The Morgan fingerprint density at radius 1 is 1.04 bits per heavy atom. The fourth-order valence-electron chi connectivity index (χ4n) is 2.21. The summed E-state index contributed by atoms with van der Waals surface area (Å²) in [5, 5.41) is 23.7. The van der Waals surface area contributed by atoms with Crippen LogP contribution < -0.4 is 16.1 Å². The number of amides is 3. The molecule has 8 heteroatoms. The van der Waals surface area contributed by atoms with Crippen LogP contribution in [0.3, 0.4) is 0 Å². The Labute approximate surface area is 137 Å². The SMILES string of the molecule is CNC(=O)[C@H](NC(=O)[C@@H](CC(C)C)[C@@H](O)C(=O)NO)C(C)(C)C. The molecule has 0 aromatic rings. The molecule has 3 atom stereocenters. The maximum absolute atomic E-state index is 12.5. The van der Waals surface area contributed by atoms with E-state index >= 15 is 0 Å². The molecule has 0 bridgehead atoms. The first-order valence-electron chi connectivity index (χ1n) is 7.59. The predicted octanol–water partition coefficient (Wildman–Crippen LogP) is -0.208. The fourth-order valence-corrected chi connectivity index (χ4v) is 2.21. The molecule has 0 saturated carbocycles. The van der Waals surface area contributed by atoms with Gasteiger partial charge in [0.25, 0.3) is 5.91 Å². The summed E-state index contributed by atoms with van der Waals surface area (Å²) in [4.78, 5) is 35.9. The van der Waals surface area contributed by atoms with Gasteiger partial charge in [0.15, 0.2) is 0 Å². The average Bonchev–Trinajstić information content (AvgIpc) is 2.46. The highest BCUT2D eigenvalue weighted by Crippen LogP contribution is 2.22.